The van der Waals surface area contributed by atoms with Crippen LogP contribution in [0.3, 0.4) is 0 Å². The molecule has 4 atom stereocenters. The summed E-state index contributed by atoms with van der Waals surface area (Å²) in [6, 6.07) is 4.75. The lowest BCUT2D eigenvalue weighted by Crippen LogP contribution is -2.35. The van der Waals surface area contributed by atoms with Crippen molar-refractivity contribution in [3.63, 3.8) is 0 Å². The third-order valence-corrected chi connectivity index (χ3v) is 11.9. The number of aryl methyl sites for hydroxylation is 2. The molecule has 0 N–H and O–H groups in total. The highest BCUT2D eigenvalue weighted by Gasteiger charge is 2.43. The van der Waals surface area contributed by atoms with Gasteiger partial charge in [-0.15, -0.1) is 0 Å². The predicted molar refractivity (Wildman–Crippen MR) is 127 cm³/mol. The summed E-state index contributed by atoms with van der Waals surface area (Å²) in [6.07, 6.45) is 4.26. The molecule has 3 unspecified atom stereocenters. The van der Waals surface area contributed by atoms with Gasteiger partial charge in [-0.2, -0.15) is 0 Å². The molecule has 1 saturated carbocycles. The zero-order chi connectivity index (χ0) is 20.6. The molecule has 0 spiro atoms. The summed E-state index contributed by atoms with van der Waals surface area (Å²) in [5, 5.41) is 2.36. The number of ether oxygens (including phenoxy) is 1. The molecule has 0 amide bonds. The molecule has 3 heteroatoms. The normalized spacial score (nSPS) is 22.8. The Kier molecular flexibility index (Phi) is 7.47. The Balaban J connectivity index is 2.24. The molecule has 0 heterocycles. The molecule has 1 fully saturated rings. The first kappa shape index (κ1) is 23.2. The molecule has 1 nitrogen and oxygen atoms in total. The van der Waals surface area contributed by atoms with E-state index in [-0.39, 0.29) is 7.92 Å². The Morgan fingerprint density at radius 2 is 1.52 bits per heavy atom. The molecule has 2 rings (SSSR count). The lowest BCUT2D eigenvalue weighted by Gasteiger charge is -2.48. The largest absolute Gasteiger partial charge is 0.496 e. The van der Waals surface area contributed by atoms with Gasteiger partial charge in [0.15, 0.2) is 0 Å². The van der Waals surface area contributed by atoms with Crippen LogP contribution in [0.2, 0.25) is 0 Å². The van der Waals surface area contributed by atoms with Gasteiger partial charge in [-0.1, -0.05) is 71.4 Å². The van der Waals surface area contributed by atoms with Gasteiger partial charge in [0.05, 0.1) is 7.11 Å². The summed E-state index contributed by atoms with van der Waals surface area (Å²) in [4.78, 5) is 0. The van der Waals surface area contributed by atoms with E-state index in [0.717, 1.165) is 31.6 Å². The van der Waals surface area contributed by atoms with Gasteiger partial charge in [-0.3, -0.25) is 0 Å². The fourth-order valence-electron chi connectivity index (χ4n) is 5.73. The fraction of sp³-hybridized carbons (Fsp3) is 0.750. The Morgan fingerprint density at radius 3 is 1.96 bits per heavy atom. The first-order chi connectivity index (χ1) is 12.4. The van der Waals surface area contributed by atoms with Crippen LogP contribution in [-0.4, -0.2) is 28.7 Å². The van der Waals surface area contributed by atoms with Crippen LogP contribution in [0.25, 0.3) is 0 Å². The van der Waals surface area contributed by atoms with Crippen molar-refractivity contribution >= 4 is 21.8 Å². The molecule has 1 aromatic rings. The monoisotopic (exact) mass is 408 g/mol. The van der Waals surface area contributed by atoms with Gasteiger partial charge in [0.1, 0.15) is 5.75 Å². The minimum atomic E-state index is -0.0520. The van der Waals surface area contributed by atoms with E-state index in [0.29, 0.717) is 10.3 Å². The summed E-state index contributed by atoms with van der Waals surface area (Å²) in [5.74, 6) is 1.94. The molecule has 0 saturated heterocycles. The van der Waals surface area contributed by atoms with Crippen molar-refractivity contribution in [2.24, 2.45) is 5.92 Å². The first-order valence-electron chi connectivity index (χ1n) is 10.6. The molecule has 0 aromatic heterocycles. The quantitative estimate of drug-likeness (QED) is 0.466. The van der Waals surface area contributed by atoms with Crippen LogP contribution >= 0.6 is 16.5 Å². The van der Waals surface area contributed by atoms with Crippen LogP contribution in [-0.2, 0) is 0 Å². The average Bonchev–Trinajstić information content (AvgIpc) is 2.91. The van der Waals surface area contributed by atoms with E-state index in [1.54, 1.807) is 7.11 Å². The standard InChI is InChI=1S/C24H42OP2/c1-16-14-19(15-17(2)22(16)25-10)26-21-13-11-12-20(21)18(3)27(23(4,5)6)24(7,8)9/h14-15,18,20-21,26H,11-13H2,1-10H3/t18-,20?,21?/m1/s1. The molecule has 154 valence electrons. The lowest BCUT2D eigenvalue weighted by molar-refractivity contribution is 0.408. The Morgan fingerprint density at radius 1 is 1.00 bits per heavy atom. The van der Waals surface area contributed by atoms with Crippen molar-refractivity contribution in [3.05, 3.63) is 23.3 Å². The number of methoxy groups -OCH3 is 1. The summed E-state index contributed by atoms with van der Waals surface area (Å²) in [5.41, 5.74) is 4.27. The number of hydrogen-bond acceptors (Lipinski definition) is 1. The lowest BCUT2D eigenvalue weighted by atomic mass is 10.0. The number of rotatable bonds is 5. The summed E-state index contributed by atoms with van der Waals surface area (Å²) in [7, 11) is 2.67. The Labute approximate surface area is 172 Å². The van der Waals surface area contributed by atoms with Gasteiger partial charge in [-0.25, -0.2) is 0 Å². The maximum Gasteiger partial charge on any atom is 0.124 e. The average molecular weight is 409 g/mol. The molecule has 0 aliphatic heterocycles. The predicted octanol–water partition coefficient (Wildman–Crippen LogP) is 7.25. The van der Waals surface area contributed by atoms with Crippen molar-refractivity contribution in [2.45, 2.75) is 103 Å². The van der Waals surface area contributed by atoms with E-state index in [2.05, 4.69) is 74.4 Å². The van der Waals surface area contributed by atoms with Gasteiger partial charge in [0.2, 0.25) is 0 Å². The zero-order valence-corrected chi connectivity index (χ0v) is 21.3. The minimum absolute atomic E-state index is 0.0520. The van der Waals surface area contributed by atoms with Crippen LogP contribution in [0.5, 0.6) is 5.75 Å². The smallest absolute Gasteiger partial charge is 0.124 e. The summed E-state index contributed by atoms with van der Waals surface area (Å²) >= 11 is 0. The van der Waals surface area contributed by atoms with Crippen molar-refractivity contribution < 1.29 is 4.74 Å². The highest BCUT2D eigenvalue weighted by Crippen LogP contribution is 2.66. The third-order valence-electron chi connectivity index (χ3n) is 6.06. The van der Waals surface area contributed by atoms with E-state index in [1.165, 1.54) is 35.7 Å². The van der Waals surface area contributed by atoms with E-state index in [1.807, 2.05) is 0 Å². The van der Waals surface area contributed by atoms with Crippen molar-refractivity contribution in [2.75, 3.05) is 7.11 Å². The number of hydrogen-bond donors (Lipinski definition) is 0. The Hall–Kier alpha value is -0.120. The molecule has 0 radical (unpaired) electrons. The molecule has 1 aliphatic rings. The van der Waals surface area contributed by atoms with E-state index >= 15 is 0 Å². The van der Waals surface area contributed by atoms with Crippen LogP contribution in [0.15, 0.2) is 12.1 Å². The van der Waals surface area contributed by atoms with Crippen LogP contribution in [0, 0.1) is 19.8 Å². The van der Waals surface area contributed by atoms with Crippen LogP contribution in [0.4, 0.5) is 0 Å². The van der Waals surface area contributed by atoms with Crippen molar-refractivity contribution in [1.82, 2.24) is 0 Å². The van der Waals surface area contributed by atoms with E-state index in [4.69, 9.17) is 4.74 Å². The molecule has 27 heavy (non-hydrogen) atoms. The van der Waals surface area contributed by atoms with Crippen LogP contribution < -0.4 is 10.0 Å². The third kappa shape index (κ3) is 5.48. The Bertz CT molecular complexity index is 602. The second-order valence-electron chi connectivity index (χ2n) is 10.4. The highest BCUT2D eigenvalue weighted by molar-refractivity contribution is 7.61. The van der Waals surface area contributed by atoms with Gasteiger partial charge >= 0.3 is 0 Å². The molecular formula is C24H42OP2. The first-order valence-corrected chi connectivity index (χ1v) is 13.1. The number of benzene rings is 1. The minimum Gasteiger partial charge on any atom is -0.496 e. The topological polar surface area (TPSA) is 9.23 Å². The van der Waals surface area contributed by atoms with E-state index < -0.39 is 0 Å². The SMILES string of the molecule is COc1c(C)cc(PC2CCCC2[C@@H](C)P(C(C)(C)C)C(C)(C)C)cc1C. The molecule has 0 bridgehead atoms. The second-order valence-corrected chi connectivity index (χ2v) is 16.3. The molecule has 1 aromatic carbocycles. The molecule has 1 aliphatic carbocycles. The summed E-state index contributed by atoms with van der Waals surface area (Å²) in [6.45, 7) is 21.8. The highest BCUT2D eigenvalue weighted by atomic mass is 31.1. The zero-order valence-electron chi connectivity index (χ0n) is 19.4. The maximum absolute atomic E-state index is 5.57. The van der Waals surface area contributed by atoms with Gasteiger partial charge in [0, 0.05) is 0 Å². The van der Waals surface area contributed by atoms with Crippen molar-refractivity contribution in [1.29, 1.82) is 0 Å². The van der Waals surface area contributed by atoms with E-state index in [9.17, 15) is 0 Å². The fourth-order valence-corrected chi connectivity index (χ4v) is 13.1. The molecular weight excluding hydrogens is 366 g/mol. The van der Waals surface area contributed by atoms with Crippen LogP contribution in [0.1, 0.15) is 78.9 Å². The van der Waals surface area contributed by atoms with Gasteiger partial charge < -0.3 is 4.74 Å². The summed E-state index contributed by atoms with van der Waals surface area (Å²) < 4.78 is 5.57. The maximum atomic E-state index is 5.57. The van der Waals surface area contributed by atoms with Crippen molar-refractivity contribution in [3.8, 4) is 5.75 Å². The van der Waals surface area contributed by atoms with Gasteiger partial charge in [-0.05, 0) is 82.8 Å². The second kappa shape index (κ2) is 8.71. The van der Waals surface area contributed by atoms with Gasteiger partial charge in [0.25, 0.3) is 0 Å².